The van der Waals surface area contributed by atoms with E-state index in [1.165, 1.54) is 0 Å². The van der Waals surface area contributed by atoms with Gasteiger partial charge in [0.2, 0.25) is 5.91 Å². The first kappa shape index (κ1) is 8.05. The molecule has 0 radical (unpaired) electrons. The fourth-order valence-electron chi connectivity index (χ4n) is 2.21. The molecular formula is C9H16N2O. The molecule has 68 valence electrons. The summed E-state index contributed by atoms with van der Waals surface area (Å²) < 4.78 is 0. The van der Waals surface area contributed by atoms with E-state index in [0.717, 1.165) is 32.2 Å². The van der Waals surface area contributed by atoms with Crippen LogP contribution in [0.5, 0.6) is 0 Å². The van der Waals surface area contributed by atoms with Gasteiger partial charge in [-0.25, -0.2) is 0 Å². The number of amides is 1. The van der Waals surface area contributed by atoms with Crippen molar-refractivity contribution in [2.45, 2.75) is 25.7 Å². The molecule has 2 fully saturated rings. The molecule has 0 aromatic rings. The summed E-state index contributed by atoms with van der Waals surface area (Å²) in [6.45, 7) is 1.54. The molecule has 2 aliphatic rings. The fourth-order valence-corrected chi connectivity index (χ4v) is 2.21. The van der Waals surface area contributed by atoms with Crippen LogP contribution in [0, 0.1) is 11.3 Å². The standard InChI is InChI=1S/C9H16N2O/c10-6-9(3-4-9)7-2-1-5-11-8(7)12/h7H,1-6,10H2,(H,11,12). The van der Waals surface area contributed by atoms with Gasteiger partial charge in [0.05, 0.1) is 0 Å². The molecule has 0 spiro atoms. The van der Waals surface area contributed by atoms with E-state index in [1.807, 2.05) is 0 Å². The normalized spacial score (nSPS) is 32.8. The molecule has 1 amide bonds. The SMILES string of the molecule is NCC1(C2CCCNC2=O)CC1. The predicted molar refractivity (Wildman–Crippen MR) is 46.5 cm³/mol. The number of carbonyl (C=O) groups excluding carboxylic acids is 1. The molecule has 1 saturated carbocycles. The van der Waals surface area contributed by atoms with E-state index in [1.54, 1.807) is 0 Å². The van der Waals surface area contributed by atoms with Crippen LogP contribution in [0.1, 0.15) is 25.7 Å². The second kappa shape index (κ2) is 2.73. The molecule has 3 nitrogen and oxygen atoms in total. The minimum Gasteiger partial charge on any atom is -0.356 e. The van der Waals surface area contributed by atoms with Gasteiger partial charge in [0.1, 0.15) is 0 Å². The summed E-state index contributed by atoms with van der Waals surface area (Å²) in [6, 6.07) is 0. The smallest absolute Gasteiger partial charge is 0.223 e. The first-order valence-electron chi connectivity index (χ1n) is 4.76. The number of hydrogen-bond acceptors (Lipinski definition) is 2. The number of nitrogens with one attached hydrogen (secondary N) is 1. The fraction of sp³-hybridized carbons (Fsp3) is 0.889. The van der Waals surface area contributed by atoms with Crippen LogP contribution in [0.15, 0.2) is 0 Å². The molecule has 1 saturated heterocycles. The number of nitrogens with two attached hydrogens (primary N) is 1. The van der Waals surface area contributed by atoms with Crippen molar-refractivity contribution in [1.29, 1.82) is 0 Å². The van der Waals surface area contributed by atoms with Gasteiger partial charge in [0.25, 0.3) is 0 Å². The van der Waals surface area contributed by atoms with Gasteiger partial charge in [0.15, 0.2) is 0 Å². The third kappa shape index (κ3) is 1.12. The van der Waals surface area contributed by atoms with Crippen LogP contribution >= 0.6 is 0 Å². The van der Waals surface area contributed by atoms with E-state index in [2.05, 4.69) is 5.32 Å². The van der Waals surface area contributed by atoms with Crippen LogP contribution in [0.3, 0.4) is 0 Å². The number of rotatable bonds is 2. The maximum absolute atomic E-state index is 11.5. The highest BCUT2D eigenvalue weighted by atomic mass is 16.2. The topological polar surface area (TPSA) is 55.1 Å². The van der Waals surface area contributed by atoms with E-state index in [-0.39, 0.29) is 17.2 Å². The van der Waals surface area contributed by atoms with Crippen LogP contribution in [0.25, 0.3) is 0 Å². The molecule has 0 aromatic carbocycles. The summed E-state index contributed by atoms with van der Waals surface area (Å²) in [5.74, 6) is 0.459. The Kier molecular flexibility index (Phi) is 1.83. The Morgan fingerprint density at radius 3 is 2.83 bits per heavy atom. The minimum atomic E-state index is 0.199. The van der Waals surface area contributed by atoms with Crippen LogP contribution in [-0.4, -0.2) is 19.0 Å². The second-order valence-electron chi connectivity index (χ2n) is 4.05. The lowest BCUT2D eigenvalue weighted by Crippen LogP contribution is -2.43. The predicted octanol–water partition coefficient (Wildman–Crippen LogP) is 0.251. The van der Waals surface area contributed by atoms with E-state index in [4.69, 9.17) is 5.73 Å². The molecule has 2 rings (SSSR count). The number of carbonyl (C=O) groups is 1. The number of hydrogen-bond donors (Lipinski definition) is 2. The maximum Gasteiger partial charge on any atom is 0.223 e. The van der Waals surface area contributed by atoms with E-state index in [0.29, 0.717) is 6.54 Å². The molecule has 1 heterocycles. The van der Waals surface area contributed by atoms with Crippen LogP contribution in [0.4, 0.5) is 0 Å². The first-order chi connectivity index (χ1) is 5.78. The Hall–Kier alpha value is -0.570. The molecule has 0 aromatic heterocycles. The van der Waals surface area contributed by atoms with Gasteiger partial charge in [-0.05, 0) is 37.6 Å². The molecule has 3 N–H and O–H groups in total. The summed E-state index contributed by atoms with van der Waals surface area (Å²) in [5, 5.41) is 2.92. The molecule has 3 heteroatoms. The van der Waals surface area contributed by atoms with Gasteiger partial charge >= 0.3 is 0 Å². The van der Waals surface area contributed by atoms with Gasteiger partial charge < -0.3 is 11.1 Å². The molecule has 1 aliphatic heterocycles. The molecule has 1 unspecified atom stereocenters. The summed E-state index contributed by atoms with van der Waals surface area (Å²) in [6.07, 6.45) is 4.48. The summed E-state index contributed by atoms with van der Waals surface area (Å²) >= 11 is 0. The van der Waals surface area contributed by atoms with Gasteiger partial charge in [0, 0.05) is 12.5 Å². The molecular weight excluding hydrogens is 152 g/mol. The Morgan fingerprint density at radius 1 is 1.58 bits per heavy atom. The highest BCUT2D eigenvalue weighted by Crippen LogP contribution is 2.53. The van der Waals surface area contributed by atoms with Crippen molar-refractivity contribution in [2.75, 3.05) is 13.1 Å². The lowest BCUT2D eigenvalue weighted by Gasteiger charge is -2.28. The average molecular weight is 168 g/mol. The molecule has 12 heavy (non-hydrogen) atoms. The van der Waals surface area contributed by atoms with Crippen molar-refractivity contribution < 1.29 is 4.79 Å². The molecule has 1 atom stereocenters. The highest BCUT2D eigenvalue weighted by Gasteiger charge is 2.51. The molecule has 1 aliphatic carbocycles. The largest absolute Gasteiger partial charge is 0.356 e. The Bertz CT molecular complexity index is 199. The number of piperidine rings is 1. The average Bonchev–Trinajstić information content (AvgIpc) is 2.86. The van der Waals surface area contributed by atoms with E-state index >= 15 is 0 Å². The lowest BCUT2D eigenvalue weighted by atomic mass is 9.83. The highest BCUT2D eigenvalue weighted by molar-refractivity contribution is 5.80. The van der Waals surface area contributed by atoms with Crippen LogP contribution < -0.4 is 11.1 Å². The second-order valence-corrected chi connectivity index (χ2v) is 4.05. The van der Waals surface area contributed by atoms with Gasteiger partial charge in [-0.15, -0.1) is 0 Å². The summed E-state index contributed by atoms with van der Waals surface area (Å²) in [5.41, 5.74) is 5.88. The van der Waals surface area contributed by atoms with Crippen molar-refractivity contribution in [3.05, 3.63) is 0 Å². The van der Waals surface area contributed by atoms with Crippen molar-refractivity contribution >= 4 is 5.91 Å². The molecule has 0 bridgehead atoms. The van der Waals surface area contributed by atoms with Crippen LogP contribution in [0.2, 0.25) is 0 Å². The zero-order valence-corrected chi connectivity index (χ0v) is 7.31. The third-order valence-corrected chi connectivity index (χ3v) is 3.32. The Morgan fingerprint density at radius 2 is 2.33 bits per heavy atom. The monoisotopic (exact) mass is 168 g/mol. The van der Waals surface area contributed by atoms with Gasteiger partial charge in [-0.3, -0.25) is 4.79 Å². The van der Waals surface area contributed by atoms with E-state index in [9.17, 15) is 4.79 Å². The first-order valence-corrected chi connectivity index (χ1v) is 4.76. The van der Waals surface area contributed by atoms with Crippen molar-refractivity contribution in [3.8, 4) is 0 Å². The quantitative estimate of drug-likeness (QED) is 0.621. The van der Waals surface area contributed by atoms with Gasteiger partial charge in [-0.2, -0.15) is 0 Å². The lowest BCUT2D eigenvalue weighted by molar-refractivity contribution is -0.128. The zero-order valence-electron chi connectivity index (χ0n) is 7.31. The van der Waals surface area contributed by atoms with Gasteiger partial charge in [-0.1, -0.05) is 0 Å². The third-order valence-electron chi connectivity index (χ3n) is 3.32. The summed E-state index contributed by atoms with van der Waals surface area (Å²) in [7, 11) is 0. The van der Waals surface area contributed by atoms with Crippen LogP contribution in [-0.2, 0) is 4.79 Å². The Balaban J connectivity index is 2.06. The van der Waals surface area contributed by atoms with Crippen molar-refractivity contribution in [3.63, 3.8) is 0 Å². The minimum absolute atomic E-state index is 0.199. The maximum atomic E-state index is 11.5. The summed E-state index contributed by atoms with van der Waals surface area (Å²) in [4.78, 5) is 11.5. The Labute approximate surface area is 72.7 Å². The van der Waals surface area contributed by atoms with E-state index < -0.39 is 0 Å². The zero-order chi connectivity index (χ0) is 8.60. The van der Waals surface area contributed by atoms with Crippen molar-refractivity contribution in [1.82, 2.24) is 5.32 Å². The van der Waals surface area contributed by atoms with Crippen molar-refractivity contribution in [2.24, 2.45) is 17.1 Å².